The molecule has 0 bridgehead atoms. The Balaban J connectivity index is 1.87. The van der Waals surface area contributed by atoms with Crippen LogP contribution in [0.1, 0.15) is 32.6 Å². The molecular weight excluding hydrogens is 146 g/mol. The summed E-state index contributed by atoms with van der Waals surface area (Å²) in [6.07, 6.45) is 5.19. The van der Waals surface area contributed by atoms with Crippen LogP contribution in [0.2, 0.25) is 0 Å². The minimum absolute atomic E-state index is 0.344. The highest BCUT2D eigenvalue weighted by atomic mass is 32.2. The molecule has 0 aliphatic carbocycles. The van der Waals surface area contributed by atoms with E-state index in [0.717, 1.165) is 0 Å². The Kier molecular flexibility index (Phi) is 3.52. The smallest absolute Gasteiger partial charge is 0.0894 e. The number of hydrogen-bond acceptors (Lipinski definition) is 3. The topological polar surface area (TPSA) is 32.3 Å². The lowest BCUT2D eigenvalue weighted by Gasteiger charge is -1.94. The van der Waals surface area contributed by atoms with Crippen LogP contribution in [-0.4, -0.2) is 15.8 Å². The van der Waals surface area contributed by atoms with E-state index in [-0.39, 0.29) is 0 Å². The largest absolute Gasteiger partial charge is 0.316 e. The van der Waals surface area contributed by atoms with Gasteiger partial charge in [0.15, 0.2) is 0 Å². The molecule has 1 fully saturated rings. The van der Waals surface area contributed by atoms with Gasteiger partial charge in [-0.1, -0.05) is 26.2 Å². The second kappa shape index (κ2) is 4.21. The van der Waals surface area contributed by atoms with E-state index in [2.05, 4.69) is 12.4 Å². The van der Waals surface area contributed by atoms with Gasteiger partial charge in [-0.25, -0.2) is 0 Å². The third-order valence-corrected chi connectivity index (χ3v) is 3.07. The molecule has 1 saturated heterocycles. The van der Waals surface area contributed by atoms with Crippen molar-refractivity contribution in [1.29, 1.82) is 0 Å². The van der Waals surface area contributed by atoms with Gasteiger partial charge in [-0.3, -0.25) is 0 Å². The van der Waals surface area contributed by atoms with Crippen LogP contribution in [0.25, 0.3) is 0 Å². The molecule has 2 N–H and O–H groups in total. The molecule has 0 aromatic rings. The van der Waals surface area contributed by atoms with Gasteiger partial charge in [0.1, 0.15) is 0 Å². The summed E-state index contributed by atoms with van der Waals surface area (Å²) in [5.74, 6) is 0. The summed E-state index contributed by atoms with van der Waals surface area (Å²) in [4.78, 5) is 0. The van der Waals surface area contributed by atoms with E-state index in [1.54, 1.807) is 0 Å². The Bertz CT molecular complexity index is 99.6. The summed E-state index contributed by atoms with van der Waals surface area (Å²) in [6, 6.07) is 0. The van der Waals surface area contributed by atoms with E-state index in [1.165, 1.54) is 25.7 Å². The third-order valence-electron chi connectivity index (χ3n) is 1.80. The summed E-state index contributed by atoms with van der Waals surface area (Å²) in [7, 11) is 0. The minimum Gasteiger partial charge on any atom is -0.316 e. The average molecular weight is 161 g/mol. The molecule has 0 saturated carbocycles. The normalized spacial score (nSPS) is 30.6. The van der Waals surface area contributed by atoms with Crippen LogP contribution >= 0.6 is 11.8 Å². The monoisotopic (exact) mass is 161 g/mol. The molecule has 0 aromatic heterocycles. The maximum Gasteiger partial charge on any atom is 0.0894 e. The highest BCUT2D eigenvalue weighted by molar-refractivity contribution is 8.07. The first kappa shape index (κ1) is 8.37. The van der Waals surface area contributed by atoms with Crippen molar-refractivity contribution in [3.05, 3.63) is 0 Å². The molecule has 1 rings (SSSR count). The summed E-state index contributed by atoms with van der Waals surface area (Å²) < 4.78 is 0. The van der Waals surface area contributed by atoms with E-state index in [0.29, 0.717) is 10.6 Å². The Morgan fingerprint density at radius 3 is 2.80 bits per heavy atom. The van der Waals surface area contributed by atoms with Crippen LogP contribution in [0.3, 0.4) is 0 Å². The molecule has 0 aromatic carbocycles. The Morgan fingerprint density at radius 2 is 2.30 bits per heavy atom. The lowest BCUT2D eigenvalue weighted by Crippen LogP contribution is -2.13. The summed E-state index contributed by atoms with van der Waals surface area (Å²) in [5.41, 5.74) is 2.28. The Labute approximate surface area is 66.3 Å². The van der Waals surface area contributed by atoms with Crippen LogP contribution in [0.5, 0.6) is 0 Å². The number of nitrogens with one attached hydrogen (secondary N) is 1. The summed E-state index contributed by atoms with van der Waals surface area (Å²) in [5, 5.41) is 9.50. The van der Waals surface area contributed by atoms with Gasteiger partial charge in [-0.2, -0.15) is 5.48 Å². The van der Waals surface area contributed by atoms with Gasteiger partial charge in [0.2, 0.25) is 0 Å². The Hall–Kier alpha value is 0.270. The highest BCUT2D eigenvalue weighted by Crippen LogP contribution is 2.42. The summed E-state index contributed by atoms with van der Waals surface area (Å²) >= 11 is 1.83. The van der Waals surface area contributed by atoms with Gasteiger partial charge >= 0.3 is 0 Å². The van der Waals surface area contributed by atoms with Gasteiger partial charge in [0, 0.05) is 5.25 Å². The van der Waals surface area contributed by atoms with Crippen molar-refractivity contribution in [2.75, 3.05) is 0 Å². The maximum absolute atomic E-state index is 8.46. The molecule has 60 valence electrons. The average Bonchev–Trinajstić information content (AvgIpc) is 2.68. The van der Waals surface area contributed by atoms with Crippen molar-refractivity contribution >= 4 is 11.8 Å². The molecule has 1 heterocycles. The quantitative estimate of drug-likeness (QED) is 0.367. The van der Waals surface area contributed by atoms with Crippen molar-refractivity contribution in [3.8, 4) is 0 Å². The predicted molar refractivity (Wildman–Crippen MR) is 44.2 cm³/mol. The minimum atomic E-state index is 0.344. The molecule has 0 radical (unpaired) electrons. The fourth-order valence-electron chi connectivity index (χ4n) is 1.07. The first-order valence-corrected chi connectivity index (χ1v) is 4.88. The van der Waals surface area contributed by atoms with Gasteiger partial charge in [-0.05, 0) is 6.42 Å². The number of unbranched alkanes of at least 4 members (excludes halogenated alkanes) is 2. The standard InChI is InChI=1S/C7H15NOS/c1-2-3-4-5-6-7(8-9)10-6/h6-9H,2-5H2,1H3. The third kappa shape index (κ3) is 2.48. The molecule has 2 atom stereocenters. The molecule has 3 heteroatoms. The predicted octanol–water partition coefficient (Wildman–Crippen LogP) is 1.99. The molecule has 2 nitrogen and oxygen atoms in total. The van der Waals surface area contributed by atoms with Crippen molar-refractivity contribution < 1.29 is 5.21 Å². The van der Waals surface area contributed by atoms with Crippen LogP contribution in [0.15, 0.2) is 0 Å². The zero-order valence-corrected chi connectivity index (χ0v) is 7.16. The van der Waals surface area contributed by atoms with Crippen molar-refractivity contribution in [2.45, 2.75) is 43.2 Å². The van der Waals surface area contributed by atoms with Crippen LogP contribution < -0.4 is 5.48 Å². The van der Waals surface area contributed by atoms with E-state index in [4.69, 9.17) is 5.21 Å². The number of thioether (sulfide) groups is 1. The summed E-state index contributed by atoms with van der Waals surface area (Å²) in [6.45, 7) is 2.21. The first-order chi connectivity index (χ1) is 4.88. The molecule has 2 unspecified atom stereocenters. The second-order valence-corrected chi connectivity index (χ2v) is 4.11. The molecule has 1 aliphatic heterocycles. The van der Waals surface area contributed by atoms with Gasteiger partial charge in [0.25, 0.3) is 0 Å². The maximum atomic E-state index is 8.46. The van der Waals surface area contributed by atoms with Gasteiger partial charge in [0.05, 0.1) is 5.37 Å². The van der Waals surface area contributed by atoms with Gasteiger partial charge in [-0.15, -0.1) is 11.8 Å². The molecule has 0 spiro atoms. The van der Waals surface area contributed by atoms with Crippen LogP contribution in [0, 0.1) is 0 Å². The molecule has 0 amide bonds. The first-order valence-electron chi connectivity index (χ1n) is 3.93. The lowest BCUT2D eigenvalue weighted by molar-refractivity contribution is 0.165. The zero-order valence-electron chi connectivity index (χ0n) is 6.34. The fraction of sp³-hybridized carbons (Fsp3) is 1.00. The number of hydrogen-bond donors (Lipinski definition) is 2. The van der Waals surface area contributed by atoms with Crippen LogP contribution in [-0.2, 0) is 0 Å². The lowest BCUT2D eigenvalue weighted by atomic mass is 10.2. The molecular formula is C7H15NOS. The highest BCUT2D eigenvalue weighted by Gasteiger charge is 2.36. The van der Waals surface area contributed by atoms with Crippen LogP contribution in [0.4, 0.5) is 0 Å². The van der Waals surface area contributed by atoms with Crippen molar-refractivity contribution in [1.82, 2.24) is 5.48 Å². The SMILES string of the molecule is CCCCCC1SC1NO. The molecule has 1 aliphatic rings. The van der Waals surface area contributed by atoms with E-state index in [1.807, 2.05) is 11.8 Å². The van der Waals surface area contributed by atoms with Crippen molar-refractivity contribution in [3.63, 3.8) is 0 Å². The number of rotatable bonds is 5. The van der Waals surface area contributed by atoms with E-state index >= 15 is 0 Å². The van der Waals surface area contributed by atoms with Crippen molar-refractivity contribution in [2.24, 2.45) is 0 Å². The zero-order chi connectivity index (χ0) is 7.40. The van der Waals surface area contributed by atoms with E-state index < -0.39 is 0 Å². The van der Waals surface area contributed by atoms with Gasteiger partial charge < -0.3 is 5.21 Å². The molecule has 10 heavy (non-hydrogen) atoms. The number of hydroxylamine groups is 1. The Morgan fingerprint density at radius 1 is 1.50 bits per heavy atom. The fourth-order valence-corrected chi connectivity index (χ4v) is 1.92. The second-order valence-electron chi connectivity index (χ2n) is 2.72. The van der Waals surface area contributed by atoms with E-state index in [9.17, 15) is 0 Å².